The van der Waals surface area contributed by atoms with E-state index in [0.717, 1.165) is 19.3 Å². The number of alkyl halides is 1. The summed E-state index contributed by atoms with van der Waals surface area (Å²) < 4.78 is 21.2. The molecular weight excluding hydrogens is 307 g/mol. The summed E-state index contributed by atoms with van der Waals surface area (Å²) in [4.78, 5) is 25.2. The zero-order chi connectivity index (χ0) is 16.5. The van der Waals surface area contributed by atoms with Crippen LogP contribution in [0.1, 0.15) is 54.4 Å². The third-order valence-corrected chi connectivity index (χ3v) is 6.67. The van der Waals surface area contributed by atoms with E-state index < -0.39 is 23.0 Å². The molecule has 0 aliphatic heterocycles. The van der Waals surface area contributed by atoms with Gasteiger partial charge in [-0.05, 0) is 61.8 Å². The first kappa shape index (κ1) is 14.6. The Kier molecular flexibility index (Phi) is 2.85. The van der Waals surface area contributed by atoms with E-state index in [-0.39, 0.29) is 6.42 Å². The average molecular weight is 328 g/mol. The third kappa shape index (κ3) is 1.95. The van der Waals surface area contributed by atoms with Crippen LogP contribution in [0.4, 0.5) is 4.39 Å². The highest BCUT2D eigenvalue weighted by atomic mass is 19.1. The normalized spacial score (nSPS) is 42.2. The third-order valence-electron chi connectivity index (χ3n) is 6.67. The molecule has 0 saturated heterocycles. The Hall–Kier alpha value is -1.71. The number of carbonyl (C=O) groups is 2. The van der Waals surface area contributed by atoms with Gasteiger partial charge in [-0.25, -0.2) is 9.18 Å². The SMILES string of the molecule is O=C(OC12CC3CC(CC(C3)C1)C2)C1(F)Cc2ccccc2C1=O. The highest BCUT2D eigenvalue weighted by Gasteiger charge is 2.59. The summed E-state index contributed by atoms with van der Waals surface area (Å²) >= 11 is 0. The lowest BCUT2D eigenvalue weighted by Gasteiger charge is -2.55. The molecule has 0 aromatic heterocycles. The van der Waals surface area contributed by atoms with Gasteiger partial charge in [0.1, 0.15) is 5.60 Å². The largest absolute Gasteiger partial charge is 0.456 e. The zero-order valence-corrected chi connectivity index (χ0v) is 13.6. The molecule has 0 N–H and O–H groups in total. The topological polar surface area (TPSA) is 43.4 Å². The van der Waals surface area contributed by atoms with Gasteiger partial charge in [-0.1, -0.05) is 24.3 Å². The van der Waals surface area contributed by atoms with Crippen LogP contribution in [0.25, 0.3) is 0 Å². The fourth-order valence-electron chi connectivity index (χ4n) is 6.05. The Balaban J connectivity index is 1.41. The molecule has 0 amide bonds. The second-order valence-corrected chi connectivity index (χ2v) is 8.45. The van der Waals surface area contributed by atoms with Crippen LogP contribution in [0, 0.1) is 17.8 Å². The highest BCUT2D eigenvalue weighted by molar-refractivity contribution is 6.18. The second-order valence-electron chi connectivity index (χ2n) is 8.45. The van der Waals surface area contributed by atoms with Crippen molar-refractivity contribution in [3.05, 3.63) is 35.4 Å². The van der Waals surface area contributed by atoms with Crippen molar-refractivity contribution < 1.29 is 18.7 Å². The molecule has 1 atom stereocenters. The molecule has 126 valence electrons. The van der Waals surface area contributed by atoms with Gasteiger partial charge in [0.25, 0.3) is 5.67 Å². The summed E-state index contributed by atoms with van der Waals surface area (Å²) in [6.07, 6.45) is 6.03. The molecule has 0 spiro atoms. The number of fused-ring (bicyclic) bond motifs is 1. The van der Waals surface area contributed by atoms with Crippen molar-refractivity contribution in [2.75, 3.05) is 0 Å². The lowest BCUT2D eigenvalue weighted by molar-refractivity contribution is -0.195. The summed E-state index contributed by atoms with van der Waals surface area (Å²) in [6, 6.07) is 6.78. The second kappa shape index (κ2) is 4.68. The maximum absolute atomic E-state index is 15.4. The summed E-state index contributed by atoms with van der Waals surface area (Å²) in [6.45, 7) is 0. The van der Waals surface area contributed by atoms with Crippen LogP contribution < -0.4 is 0 Å². The lowest BCUT2D eigenvalue weighted by atomic mass is 9.54. The minimum absolute atomic E-state index is 0.187. The maximum atomic E-state index is 15.4. The number of carbonyl (C=O) groups excluding carboxylic acids is 2. The predicted octanol–water partition coefficient (Wildman–Crippen LogP) is 3.65. The molecular formula is C20H21FO3. The number of esters is 1. The minimum Gasteiger partial charge on any atom is -0.456 e. The molecule has 1 unspecified atom stereocenters. The van der Waals surface area contributed by atoms with Crippen LogP contribution in [-0.2, 0) is 16.0 Å². The van der Waals surface area contributed by atoms with Crippen LogP contribution in [0.3, 0.4) is 0 Å². The van der Waals surface area contributed by atoms with Crippen LogP contribution in [0.5, 0.6) is 0 Å². The van der Waals surface area contributed by atoms with Gasteiger partial charge < -0.3 is 4.74 Å². The number of Topliss-reactive ketones (excluding diaryl/α,β-unsaturated/α-hetero) is 1. The first-order chi connectivity index (χ1) is 11.5. The van der Waals surface area contributed by atoms with Crippen molar-refractivity contribution in [3.63, 3.8) is 0 Å². The number of halogens is 1. The van der Waals surface area contributed by atoms with E-state index in [0.29, 0.717) is 28.9 Å². The molecule has 0 radical (unpaired) electrons. The highest BCUT2D eigenvalue weighted by Crippen LogP contribution is 2.57. The van der Waals surface area contributed by atoms with Crippen LogP contribution in [0.2, 0.25) is 0 Å². The standard InChI is InChI=1S/C20H21FO3/c21-20(11-15-3-1-2-4-16(15)17(20)22)18(23)24-19-8-12-5-13(9-19)7-14(6-12)10-19/h1-4,12-14H,5-11H2. The molecule has 4 heteroatoms. The van der Waals surface area contributed by atoms with Gasteiger partial charge in [-0.2, -0.15) is 0 Å². The van der Waals surface area contributed by atoms with Crippen molar-refractivity contribution in [1.82, 2.24) is 0 Å². The van der Waals surface area contributed by atoms with E-state index in [1.165, 1.54) is 19.3 Å². The molecule has 6 rings (SSSR count). The molecule has 3 nitrogen and oxygen atoms in total. The monoisotopic (exact) mass is 328 g/mol. The van der Waals surface area contributed by atoms with Crippen LogP contribution >= 0.6 is 0 Å². The van der Waals surface area contributed by atoms with E-state index in [4.69, 9.17) is 4.74 Å². The lowest BCUT2D eigenvalue weighted by Crippen LogP contribution is -2.55. The molecule has 5 aliphatic rings. The fraction of sp³-hybridized carbons (Fsp3) is 0.600. The Morgan fingerprint density at radius 1 is 1.04 bits per heavy atom. The number of ketones is 1. The van der Waals surface area contributed by atoms with E-state index in [9.17, 15) is 9.59 Å². The summed E-state index contributed by atoms with van der Waals surface area (Å²) in [5.41, 5.74) is -2.12. The van der Waals surface area contributed by atoms with Gasteiger partial charge >= 0.3 is 5.97 Å². The number of rotatable bonds is 2. The van der Waals surface area contributed by atoms with Gasteiger partial charge in [0, 0.05) is 12.0 Å². The number of hydrogen-bond acceptors (Lipinski definition) is 3. The fourth-order valence-corrected chi connectivity index (χ4v) is 6.05. The van der Waals surface area contributed by atoms with Crippen LogP contribution in [0.15, 0.2) is 24.3 Å². The molecule has 4 saturated carbocycles. The van der Waals surface area contributed by atoms with Crippen molar-refractivity contribution in [1.29, 1.82) is 0 Å². The van der Waals surface area contributed by atoms with Crippen LogP contribution in [-0.4, -0.2) is 23.0 Å². The molecule has 4 bridgehead atoms. The smallest absolute Gasteiger partial charge is 0.353 e. The molecule has 24 heavy (non-hydrogen) atoms. The molecule has 1 aromatic carbocycles. The molecule has 0 heterocycles. The van der Waals surface area contributed by atoms with Crippen molar-refractivity contribution in [2.45, 2.75) is 56.2 Å². The van der Waals surface area contributed by atoms with E-state index >= 15 is 4.39 Å². The van der Waals surface area contributed by atoms with Gasteiger partial charge in [0.05, 0.1) is 0 Å². The number of ether oxygens (including phenoxy) is 1. The van der Waals surface area contributed by atoms with Gasteiger partial charge in [-0.3, -0.25) is 4.79 Å². The minimum atomic E-state index is -2.53. The van der Waals surface area contributed by atoms with E-state index in [2.05, 4.69) is 0 Å². The zero-order valence-electron chi connectivity index (χ0n) is 13.6. The Morgan fingerprint density at radius 3 is 2.21 bits per heavy atom. The summed E-state index contributed by atoms with van der Waals surface area (Å²) in [5, 5.41) is 0. The van der Waals surface area contributed by atoms with E-state index in [1.807, 2.05) is 0 Å². The first-order valence-corrected chi connectivity index (χ1v) is 9.02. The number of benzene rings is 1. The predicted molar refractivity (Wildman–Crippen MR) is 85.3 cm³/mol. The molecule has 1 aromatic rings. The quantitative estimate of drug-likeness (QED) is 0.615. The van der Waals surface area contributed by atoms with Crippen molar-refractivity contribution >= 4 is 11.8 Å². The van der Waals surface area contributed by atoms with Gasteiger partial charge in [0.2, 0.25) is 5.78 Å². The van der Waals surface area contributed by atoms with Crippen molar-refractivity contribution in [3.8, 4) is 0 Å². The van der Waals surface area contributed by atoms with Crippen molar-refractivity contribution in [2.24, 2.45) is 17.8 Å². The average Bonchev–Trinajstić information content (AvgIpc) is 2.78. The Morgan fingerprint density at radius 2 is 1.62 bits per heavy atom. The molecule has 5 aliphatic carbocycles. The van der Waals surface area contributed by atoms with E-state index in [1.54, 1.807) is 24.3 Å². The number of hydrogen-bond donors (Lipinski definition) is 0. The van der Waals surface area contributed by atoms with Gasteiger partial charge in [-0.15, -0.1) is 0 Å². The summed E-state index contributed by atoms with van der Waals surface area (Å²) in [5.74, 6) is 0.141. The Labute approximate surface area is 140 Å². The maximum Gasteiger partial charge on any atom is 0.353 e. The molecule has 4 fully saturated rings. The summed E-state index contributed by atoms with van der Waals surface area (Å²) in [7, 11) is 0. The van der Waals surface area contributed by atoms with Gasteiger partial charge in [0.15, 0.2) is 0 Å². The first-order valence-electron chi connectivity index (χ1n) is 9.02. The Bertz CT molecular complexity index is 705.